The van der Waals surface area contributed by atoms with Crippen molar-refractivity contribution in [3.05, 3.63) is 34.6 Å². The molecule has 0 spiro atoms. The van der Waals surface area contributed by atoms with E-state index in [9.17, 15) is 22.0 Å². The Morgan fingerprint density at radius 3 is 1.38 bits per heavy atom. The minimum Gasteiger partial charge on any atom is -0.311 e. The number of hydrogen-bond acceptors (Lipinski definition) is 1. The molecule has 0 radical (unpaired) electrons. The highest BCUT2D eigenvalue weighted by Gasteiger charge is 2.33. The first kappa shape index (κ1) is 12.9. The molecule has 0 saturated carbocycles. The number of hydrogen-bond donors (Lipinski definition) is 1. The average molecular weight is 239 g/mol. The molecule has 0 heterocycles. The first-order valence-electron chi connectivity index (χ1n) is 4.44. The second kappa shape index (κ2) is 4.01. The molecule has 0 aliphatic carbocycles. The van der Waals surface area contributed by atoms with Gasteiger partial charge < -0.3 is 5.32 Å². The predicted octanol–water partition coefficient (Wildman–Crippen LogP) is 2.84. The third-order valence-corrected chi connectivity index (χ3v) is 2.46. The zero-order valence-electron chi connectivity index (χ0n) is 8.89. The van der Waals surface area contributed by atoms with Gasteiger partial charge in [-0.1, -0.05) is 0 Å². The van der Waals surface area contributed by atoms with Crippen LogP contribution in [0.2, 0.25) is 0 Å². The number of benzene rings is 1. The molecule has 0 saturated heterocycles. The van der Waals surface area contributed by atoms with Crippen molar-refractivity contribution in [2.45, 2.75) is 19.4 Å². The number of nitrogens with one attached hydrogen (secondary N) is 1. The molecule has 0 aromatic heterocycles. The van der Waals surface area contributed by atoms with Gasteiger partial charge in [0.05, 0.1) is 0 Å². The summed E-state index contributed by atoms with van der Waals surface area (Å²) in [6, 6.07) is 0. The van der Waals surface area contributed by atoms with Crippen molar-refractivity contribution >= 4 is 0 Å². The van der Waals surface area contributed by atoms with E-state index in [0.29, 0.717) is 0 Å². The van der Waals surface area contributed by atoms with Crippen LogP contribution in [0.4, 0.5) is 22.0 Å². The van der Waals surface area contributed by atoms with Crippen LogP contribution in [0, 0.1) is 29.1 Å². The molecule has 0 fully saturated rings. The van der Waals surface area contributed by atoms with Crippen LogP contribution in [-0.2, 0) is 5.54 Å². The lowest BCUT2D eigenvalue weighted by atomic mass is 9.93. The van der Waals surface area contributed by atoms with Crippen LogP contribution in [0.15, 0.2) is 0 Å². The molecule has 90 valence electrons. The highest BCUT2D eigenvalue weighted by Crippen LogP contribution is 2.30. The highest BCUT2D eigenvalue weighted by atomic mass is 19.2. The molecule has 1 aromatic rings. The van der Waals surface area contributed by atoms with E-state index < -0.39 is 40.2 Å². The van der Waals surface area contributed by atoms with E-state index in [2.05, 4.69) is 5.32 Å². The first-order chi connectivity index (χ1) is 7.24. The van der Waals surface area contributed by atoms with E-state index in [1.807, 2.05) is 0 Å². The molecule has 1 rings (SSSR count). The van der Waals surface area contributed by atoms with Crippen LogP contribution in [0.1, 0.15) is 19.4 Å². The number of rotatable bonds is 2. The second-order valence-electron chi connectivity index (χ2n) is 3.82. The van der Waals surface area contributed by atoms with Gasteiger partial charge in [-0.25, -0.2) is 22.0 Å². The van der Waals surface area contributed by atoms with Crippen molar-refractivity contribution in [1.29, 1.82) is 0 Å². The zero-order chi connectivity index (χ0) is 12.7. The van der Waals surface area contributed by atoms with Crippen molar-refractivity contribution in [3.8, 4) is 0 Å². The fourth-order valence-electron chi connectivity index (χ4n) is 1.28. The van der Waals surface area contributed by atoms with Gasteiger partial charge in [-0.15, -0.1) is 0 Å². The molecule has 0 aliphatic heterocycles. The van der Waals surface area contributed by atoms with Crippen molar-refractivity contribution in [2.24, 2.45) is 0 Å². The summed E-state index contributed by atoms with van der Waals surface area (Å²) >= 11 is 0. The Kier molecular flexibility index (Phi) is 3.23. The maximum absolute atomic E-state index is 13.3. The quantitative estimate of drug-likeness (QED) is 0.475. The van der Waals surface area contributed by atoms with Gasteiger partial charge in [0.25, 0.3) is 0 Å². The highest BCUT2D eigenvalue weighted by molar-refractivity contribution is 5.29. The summed E-state index contributed by atoms with van der Waals surface area (Å²) in [5, 5.41) is 2.48. The summed E-state index contributed by atoms with van der Waals surface area (Å²) in [6.07, 6.45) is 0. The Labute approximate surface area is 89.3 Å². The molecule has 0 amide bonds. The van der Waals surface area contributed by atoms with Crippen LogP contribution < -0.4 is 5.32 Å². The first-order valence-corrected chi connectivity index (χ1v) is 4.44. The Hall–Kier alpha value is -1.17. The molecule has 0 bridgehead atoms. The maximum atomic E-state index is 13.3. The van der Waals surface area contributed by atoms with Crippen LogP contribution in [0.25, 0.3) is 0 Å². The van der Waals surface area contributed by atoms with Gasteiger partial charge in [0.15, 0.2) is 23.3 Å². The minimum absolute atomic E-state index is 0.869. The molecule has 1 aromatic carbocycles. The van der Waals surface area contributed by atoms with Gasteiger partial charge in [0.2, 0.25) is 5.82 Å². The lowest BCUT2D eigenvalue weighted by molar-refractivity contribution is 0.331. The summed E-state index contributed by atoms with van der Waals surface area (Å²) in [5.74, 6) is -9.63. The SMILES string of the molecule is CNC(C)(C)c1c(F)c(F)c(F)c(F)c1F. The van der Waals surface area contributed by atoms with Gasteiger partial charge in [0, 0.05) is 11.1 Å². The third kappa shape index (κ3) is 1.77. The smallest absolute Gasteiger partial charge is 0.200 e. The monoisotopic (exact) mass is 239 g/mol. The molecule has 1 N–H and O–H groups in total. The van der Waals surface area contributed by atoms with E-state index in [0.717, 1.165) is 0 Å². The fourth-order valence-corrected chi connectivity index (χ4v) is 1.28. The Morgan fingerprint density at radius 2 is 1.06 bits per heavy atom. The van der Waals surface area contributed by atoms with E-state index in [1.165, 1.54) is 20.9 Å². The summed E-state index contributed by atoms with van der Waals surface area (Å²) in [6.45, 7) is 2.62. The average Bonchev–Trinajstić information content (AvgIpc) is 2.23. The molecular weight excluding hydrogens is 229 g/mol. The topological polar surface area (TPSA) is 12.0 Å². The Morgan fingerprint density at radius 1 is 0.750 bits per heavy atom. The van der Waals surface area contributed by atoms with E-state index in [1.54, 1.807) is 0 Å². The molecule has 0 atom stereocenters. The van der Waals surface area contributed by atoms with Crippen LogP contribution in [0.3, 0.4) is 0 Å². The fraction of sp³-hybridized carbons (Fsp3) is 0.400. The lowest BCUT2D eigenvalue weighted by Gasteiger charge is -2.26. The Bertz CT molecular complexity index is 399. The van der Waals surface area contributed by atoms with Crippen LogP contribution in [0.5, 0.6) is 0 Å². The maximum Gasteiger partial charge on any atom is 0.200 e. The normalized spacial score (nSPS) is 12.0. The van der Waals surface area contributed by atoms with Crippen molar-refractivity contribution in [2.75, 3.05) is 7.05 Å². The minimum atomic E-state index is -2.15. The lowest BCUT2D eigenvalue weighted by Crippen LogP contribution is -2.36. The summed E-state index contributed by atoms with van der Waals surface area (Å²) in [5.41, 5.74) is -2.23. The summed E-state index contributed by atoms with van der Waals surface area (Å²) in [4.78, 5) is 0. The predicted molar refractivity (Wildman–Crippen MR) is 48.3 cm³/mol. The molecule has 16 heavy (non-hydrogen) atoms. The van der Waals surface area contributed by atoms with Gasteiger partial charge in [-0.2, -0.15) is 0 Å². The summed E-state index contributed by atoms with van der Waals surface area (Å²) in [7, 11) is 1.36. The van der Waals surface area contributed by atoms with Crippen molar-refractivity contribution in [3.63, 3.8) is 0 Å². The van der Waals surface area contributed by atoms with Gasteiger partial charge in [-0.05, 0) is 20.9 Å². The summed E-state index contributed by atoms with van der Waals surface area (Å²) < 4.78 is 65.2. The zero-order valence-corrected chi connectivity index (χ0v) is 8.89. The van der Waals surface area contributed by atoms with Crippen LogP contribution in [-0.4, -0.2) is 7.05 Å². The standard InChI is InChI=1S/C10H10F5N/c1-10(2,16-3)4-5(11)7(13)9(15)8(14)6(4)12/h16H,1-3H3. The van der Waals surface area contributed by atoms with Crippen molar-refractivity contribution < 1.29 is 22.0 Å². The van der Waals surface area contributed by atoms with Crippen LogP contribution >= 0.6 is 0 Å². The molecule has 1 nitrogen and oxygen atoms in total. The van der Waals surface area contributed by atoms with Gasteiger partial charge in [0.1, 0.15) is 0 Å². The van der Waals surface area contributed by atoms with Gasteiger partial charge >= 0.3 is 0 Å². The number of halogens is 5. The van der Waals surface area contributed by atoms with E-state index >= 15 is 0 Å². The van der Waals surface area contributed by atoms with Crippen molar-refractivity contribution in [1.82, 2.24) is 5.32 Å². The van der Waals surface area contributed by atoms with E-state index in [4.69, 9.17) is 0 Å². The van der Waals surface area contributed by atoms with Gasteiger partial charge in [-0.3, -0.25) is 0 Å². The third-order valence-electron chi connectivity index (χ3n) is 2.46. The molecule has 0 unspecified atom stereocenters. The van der Waals surface area contributed by atoms with E-state index in [-0.39, 0.29) is 0 Å². The second-order valence-corrected chi connectivity index (χ2v) is 3.82. The molecular formula is C10H10F5N. The molecule has 0 aliphatic rings. The largest absolute Gasteiger partial charge is 0.311 e. The molecule has 6 heteroatoms. The Balaban J connectivity index is 3.65.